The van der Waals surface area contributed by atoms with Crippen molar-refractivity contribution in [2.24, 2.45) is 0 Å². The molecule has 0 spiro atoms. The van der Waals surface area contributed by atoms with E-state index < -0.39 is 0 Å². The van der Waals surface area contributed by atoms with E-state index >= 15 is 0 Å². The van der Waals surface area contributed by atoms with Gasteiger partial charge < -0.3 is 14.5 Å². The average molecular weight is 437 g/mol. The second-order valence-corrected chi connectivity index (χ2v) is 9.06. The van der Waals surface area contributed by atoms with E-state index in [0.29, 0.717) is 36.3 Å². The SMILES string of the molecule is O=c1[nH]c2cc3c(cc2cc1[C@H](c1nnnn1C1CCCCC1)N1CCCC1)OCCO3. The molecule has 1 atom stereocenters. The molecule has 168 valence electrons. The molecule has 6 rings (SSSR count). The molecule has 9 heteroatoms. The molecule has 2 aliphatic heterocycles. The van der Waals surface area contributed by atoms with Gasteiger partial charge in [-0.05, 0) is 61.3 Å². The van der Waals surface area contributed by atoms with Crippen molar-refractivity contribution in [3.63, 3.8) is 0 Å². The van der Waals surface area contributed by atoms with Crippen molar-refractivity contribution < 1.29 is 9.47 Å². The summed E-state index contributed by atoms with van der Waals surface area (Å²) in [5.41, 5.74) is 1.32. The minimum atomic E-state index is -0.268. The summed E-state index contributed by atoms with van der Waals surface area (Å²) in [5.74, 6) is 2.16. The van der Waals surface area contributed by atoms with E-state index in [1.165, 1.54) is 19.3 Å². The Morgan fingerprint density at radius 1 is 0.969 bits per heavy atom. The maximum Gasteiger partial charge on any atom is 0.253 e. The number of H-pyrrole nitrogens is 1. The van der Waals surface area contributed by atoms with Gasteiger partial charge in [0, 0.05) is 17.0 Å². The number of nitrogens with one attached hydrogen (secondary N) is 1. The van der Waals surface area contributed by atoms with Crippen LogP contribution in [0.15, 0.2) is 23.0 Å². The Kier molecular flexibility index (Phi) is 5.05. The van der Waals surface area contributed by atoms with Crippen LogP contribution in [0.1, 0.15) is 68.4 Å². The highest BCUT2D eigenvalue weighted by molar-refractivity contribution is 5.83. The van der Waals surface area contributed by atoms with Gasteiger partial charge in [0.05, 0.1) is 11.6 Å². The lowest BCUT2D eigenvalue weighted by Crippen LogP contribution is -2.34. The molecule has 1 N–H and O–H groups in total. The molecule has 32 heavy (non-hydrogen) atoms. The first-order valence-electron chi connectivity index (χ1n) is 11.8. The molecule has 0 radical (unpaired) electrons. The number of rotatable bonds is 4. The molecule has 0 amide bonds. The standard InChI is InChI=1S/C23H28N6O3/c30-23-17(12-15-13-19-20(14-18(15)24-23)32-11-10-31-19)21(28-8-4-5-9-28)22-25-26-27-29(22)16-6-2-1-3-7-16/h12-14,16,21H,1-11H2,(H,24,30)/t21-/m1/s1. The van der Waals surface area contributed by atoms with Crippen molar-refractivity contribution >= 4 is 10.9 Å². The molecule has 0 unspecified atom stereocenters. The van der Waals surface area contributed by atoms with Gasteiger partial charge in [-0.15, -0.1) is 5.10 Å². The zero-order valence-corrected chi connectivity index (χ0v) is 18.1. The van der Waals surface area contributed by atoms with Gasteiger partial charge in [0.2, 0.25) is 0 Å². The Labute approximate surface area is 185 Å². The third kappa shape index (κ3) is 3.44. The third-order valence-corrected chi connectivity index (χ3v) is 7.02. The number of aromatic nitrogens is 5. The molecule has 1 aromatic carbocycles. The summed E-state index contributed by atoms with van der Waals surface area (Å²) >= 11 is 0. The lowest BCUT2D eigenvalue weighted by Gasteiger charge is -2.29. The van der Waals surface area contributed by atoms with Crippen LogP contribution < -0.4 is 15.0 Å². The maximum atomic E-state index is 13.4. The number of benzene rings is 1. The van der Waals surface area contributed by atoms with Crippen LogP contribution in [-0.2, 0) is 0 Å². The van der Waals surface area contributed by atoms with E-state index in [0.717, 1.165) is 55.5 Å². The van der Waals surface area contributed by atoms with Crippen LogP contribution in [-0.4, -0.2) is 56.4 Å². The van der Waals surface area contributed by atoms with Crippen molar-refractivity contribution in [1.82, 2.24) is 30.1 Å². The van der Waals surface area contributed by atoms with E-state index in [9.17, 15) is 4.79 Å². The van der Waals surface area contributed by atoms with Crippen LogP contribution in [0.3, 0.4) is 0 Å². The van der Waals surface area contributed by atoms with E-state index in [2.05, 4.69) is 25.4 Å². The highest BCUT2D eigenvalue weighted by atomic mass is 16.6. The predicted molar refractivity (Wildman–Crippen MR) is 118 cm³/mol. The second kappa shape index (κ2) is 8.20. The van der Waals surface area contributed by atoms with Crippen LogP contribution in [0.25, 0.3) is 10.9 Å². The quantitative estimate of drug-likeness (QED) is 0.671. The van der Waals surface area contributed by atoms with Crippen molar-refractivity contribution in [3.05, 3.63) is 39.9 Å². The Morgan fingerprint density at radius 2 is 1.72 bits per heavy atom. The molecule has 1 saturated heterocycles. The second-order valence-electron chi connectivity index (χ2n) is 9.06. The maximum absolute atomic E-state index is 13.4. The molecule has 1 saturated carbocycles. The minimum absolute atomic E-state index is 0.107. The molecule has 4 heterocycles. The normalized spacial score (nSPS) is 20.6. The molecular formula is C23H28N6O3. The molecule has 2 fully saturated rings. The Balaban J connectivity index is 1.47. The highest BCUT2D eigenvalue weighted by Gasteiger charge is 2.34. The number of tetrazole rings is 1. The number of hydrogen-bond donors (Lipinski definition) is 1. The number of pyridine rings is 1. The first-order valence-corrected chi connectivity index (χ1v) is 11.8. The number of fused-ring (bicyclic) bond motifs is 2. The topological polar surface area (TPSA) is 98.2 Å². The minimum Gasteiger partial charge on any atom is -0.486 e. The summed E-state index contributed by atoms with van der Waals surface area (Å²) in [4.78, 5) is 18.8. The summed E-state index contributed by atoms with van der Waals surface area (Å²) in [5, 5.41) is 13.8. The van der Waals surface area contributed by atoms with Crippen LogP contribution in [0.2, 0.25) is 0 Å². The van der Waals surface area contributed by atoms with Crippen molar-refractivity contribution in [1.29, 1.82) is 0 Å². The van der Waals surface area contributed by atoms with Gasteiger partial charge in [-0.3, -0.25) is 9.69 Å². The van der Waals surface area contributed by atoms with E-state index in [-0.39, 0.29) is 11.6 Å². The fourth-order valence-corrected chi connectivity index (χ4v) is 5.43. The number of likely N-dealkylation sites (tertiary alicyclic amines) is 1. The van der Waals surface area contributed by atoms with Crippen LogP contribution >= 0.6 is 0 Å². The number of aromatic amines is 1. The summed E-state index contributed by atoms with van der Waals surface area (Å²) in [6.07, 6.45) is 8.07. The van der Waals surface area contributed by atoms with Gasteiger partial charge >= 0.3 is 0 Å². The summed E-state index contributed by atoms with van der Waals surface area (Å²) < 4.78 is 13.5. The van der Waals surface area contributed by atoms with Crippen LogP contribution in [0.5, 0.6) is 11.5 Å². The number of nitrogens with zero attached hydrogens (tertiary/aromatic N) is 5. The molecule has 9 nitrogen and oxygen atoms in total. The molecule has 3 aliphatic rings. The molecule has 2 aromatic heterocycles. The van der Waals surface area contributed by atoms with E-state index in [1.54, 1.807) is 0 Å². The fraction of sp³-hybridized carbons (Fsp3) is 0.565. The zero-order valence-electron chi connectivity index (χ0n) is 18.1. The van der Waals surface area contributed by atoms with Gasteiger partial charge in [-0.2, -0.15) is 0 Å². The van der Waals surface area contributed by atoms with E-state index in [4.69, 9.17) is 9.47 Å². The van der Waals surface area contributed by atoms with Crippen molar-refractivity contribution in [2.45, 2.75) is 57.0 Å². The van der Waals surface area contributed by atoms with Gasteiger partial charge in [-0.1, -0.05) is 19.3 Å². The van der Waals surface area contributed by atoms with Crippen molar-refractivity contribution in [3.8, 4) is 11.5 Å². The largest absolute Gasteiger partial charge is 0.486 e. The van der Waals surface area contributed by atoms with Crippen molar-refractivity contribution in [2.75, 3.05) is 26.3 Å². The predicted octanol–water partition coefficient (Wildman–Crippen LogP) is 2.98. The summed E-state index contributed by atoms with van der Waals surface area (Å²) in [6, 6.07) is 5.82. The van der Waals surface area contributed by atoms with Gasteiger partial charge in [0.1, 0.15) is 19.3 Å². The van der Waals surface area contributed by atoms with Gasteiger partial charge in [-0.25, -0.2) is 4.68 Å². The van der Waals surface area contributed by atoms with Crippen LogP contribution in [0.4, 0.5) is 0 Å². The average Bonchev–Trinajstić information content (AvgIpc) is 3.52. The van der Waals surface area contributed by atoms with Gasteiger partial charge in [0.25, 0.3) is 5.56 Å². The van der Waals surface area contributed by atoms with Crippen LogP contribution in [0, 0.1) is 0 Å². The van der Waals surface area contributed by atoms with Gasteiger partial charge in [0.15, 0.2) is 17.3 Å². The molecule has 1 aliphatic carbocycles. The third-order valence-electron chi connectivity index (χ3n) is 7.02. The molecular weight excluding hydrogens is 408 g/mol. The summed E-state index contributed by atoms with van der Waals surface area (Å²) in [6.45, 7) is 2.91. The molecule has 0 bridgehead atoms. The monoisotopic (exact) mass is 436 g/mol. The lowest BCUT2D eigenvalue weighted by atomic mass is 9.95. The van der Waals surface area contributed by atoms with E-state index in [1.807, 2.05) is 22.9 Å². The Hall–Kier alpha value is -2.94. The zero-order chi connectivity index (χ0) is 21.5. The number of ether oxygens (including phenoxy) is 2. The summed E-state index contributed by atoms with van der Waals surface area (Å²) in [7, 11) is 0. The number of hydrogen-bond acceptors (Lipinski definition) is 7. The Morgan fingerprint density at radius 3 is 2.50 bits per heavy atom. The fourth-order valence-electron chi connectivity index (χ4n) is 5.43. The Bertz CT molecular complexity index is 1180. The highest BCUT2D eigenvalue weighted by Crippen LogP contribution is 2.37. The first kappa shape index (κ1) is 19.7. The lowest BCUT2D eigenvalue weighted by molar-refractivity contribution is 0.172. The first-order chi connectivity index (χ1) is 15.8. The molecule has 3 aromatic rings. The smallest absolute Gasteiger partial charge is 0.253 e.